The van der Waals surface area contributed by atoms with E-state index in [9.17, 15) is 0 Å². The van der Waals surface area contributed by atoms with Gasteiger partial charge in [-0.1, -0.05) is 12.1 Å². The molecule has 1 fully saturated rings. The molecular weight excluding hydrogens is 306 g/mol. The molecule has 4 nitrogen and oxygen atoms in total. The van der Waals surface area contributed by atoms with E-state index >= 15 is 0 Å². The van der Waals surface area contributed by atoms with Gasteiger partial charge in [-0.3, -0.25) is 0 Å². The second kappa shape index (κ2) is 6.28. The minimum absolute atomic E-state index is 0.00940. The molecule has 0 aliphatic heterocycles. The van der Waals surface area contributed by atoms with E-state index in [-0.39, 0.29) is 6.10 Å². The Morgan fingerprint density at radius 3 is 2.84 bits per heavy atom. The van der Waals surface area contributed by atoms with E-state index in [4.69, 9.17) is 10.5 Å². The number of rotatable bonds is 5. The third-order valence-corrected chi connectivity index (χ3v) is 3.79. The van der Waals surface area contributed by atoms with Crippen LogP contribution >= 0.6 is 15.9 Å². The Kier molecular flexibility index (Phi) is 4.69. The van der Waals surface area contributed by atoms with Crippen molar-refractivity contribution in [2.45, 2.75) is 31.9 Å². The Balaban J connectivity index is 1.85. The van der Waals surface area contributed by atoms with Crippen molar-refractivity contribution in [3.63, 3.8) is 0 Å². The molecule has 0 radical (unpaired) electrons. The number of guanidine groups is 1. The average molecular weight is 326 g/mol. The molecule has 1 aromatic rings. The highest BCUT2D eigenvalue weighted by molar-refractivity contribution is 9.10. The van der Waals surface area contributed by atoms with E-state index in [2.05, 4.69) is 20.9 Å². The van der Waals surface area contributed by atoms with Gasteiger partial charge >= 0.3 is 0 Å². The maximum atomic E-state index is 5.94. The Labute approximate surface area is 122 Å². The third kappa shape index (κ3) is 4.13. The number of hydrogen-bond donors (Lipinski definition) is 1. The monoisotopic (exact) mass is 325 g/mol. The van der Waals surface area contributed by atoms with E-state index in [1.54, 1.807) is 0 Å². The lowest BCUT2D eigenvalue weighted by Crippen LogP contribution is -2.36. The molecule has 1 aromatic carbocycles. The Hall–Kier alpha value is -1.23. The summed E-state index contributed by atoms with van der Waals surface area (Å²) in [5.41, 5.74) is 5.94. The quantitative estimate of drug-likeness (QED) is 0.668. The van der Waals surface area contributed by atoms with Crippen molar-refractivity contribution in [3.8, 4) is 5.75 Å². The molecular formula is C14H20BrN3O. The average Bonchev–Trinajstić information content (AvgIpc) is 3.22. The SMILES string of the molecule is C[C@H](CN=C(N)N(C)C1CC1)Oc1ccccc1Br. The number of hydrogen-bond acceptors (Lipinski definition) is 2. The second-order valence-corrected chi connectivity index (χ2v) is 5.75. The molecule has 1 saturated carbocycles. The molecule has 19 heavy (non-hydrogen) atoms. The molecule has 0 aromatic heterocycles. The van der Waals surface area contributed by atoms with Gasteiger partial charge < -0.3 is 15.4 Å². The van der Waals surface area contributed by atoms with Gasteiger partial charge in [0.25, 0.3) is 0 Å². The molecule has 0 bridgehead atoms. The van der Waals surface area contributed by atoms with Crippen LogP contribution in [-0.4, -0.2) is 36.6 Å². The number of nitrogens with two attached hydrogens (primary N) is 1. The molecule has 2 rings (SSSR count). The van der Waals surface area contributed by atoms with Crippen molar-refractivity contribution >= 4 is 21.9 Å². The van der Waals surface area contributed by atoms with E-state index < -0.39 is 0 Å². The first-order valence-electron chi connectivity index (χ1n) is 6.52. The predicted octanol–water partition coefficient (Wildman–Crippen LogP) is 2.63. The fourth-order valence-electron chi connectivity index (χ4n) is 1.78. The van der Waals surface area contributed by atoms with Crippen LogP contribution in [0.15, 0.2) is 33.7 Å². The fourth-order valence-corrected chi connectivity index (χ4v) is 2.16. The van der Waals surface area contributed by atoms with Crippen LogP contribution in [0.25, 0.3) is 0 Å². The molecule has 104 valence electrons. The van der Waals surface area contributed by atoms with Gasteiger partial charge in [-0.05, 0) is 47.8 Å². The van der Waals surface area contributed by atoms with E-state index in [0.29, 0.717) is 18.5 Å². The first-order chi connectivity index (χ1) is 9.08. The summed E-state index contributed by atoms with van der Waals surface area (Å²) in [5.74, 6) is 1.43. The number of aliphatic imine (C=N–C) groups is 1. The zero-order valence-electron chi connectivity index (χ0n) is 11.3. The predicted molar refractivity (Wildman–Crippen MR) is 81.5 cm³/mol. The van der Waals surface area contributed by atoms with Crippen LogP contribution in [0.4, 0.5) is 0 Å². The lowest BCUT2D eigenvalue weighted by Gasteiger charge is -2.18. The molecule has 2 N–H and O–H groups in total. The molecule has 1 aliphatic rings. The first-order valence-corrected chi connectivity index (χ1v) is 7.31. The van der Waals surface area contributed by atoms with Gasteiger partial charge in [0.2, 0.25) is 0 Å². The highest BCUT2D eigenvalue weighted by Gasteiger charge is 2.27. The van der Waals surface area contributed by atoms with Gasteiger partial charge in [-0.15, -0.1) is 0 Å². The fraction of sp³-hybridized carbons (Fsp3) is 0.500. The van der Waals surface area contributed by atoms with E-state index in [1.807, 2.05) is 43.1 Å². The maximum absolute atomic E-state index is 5.94. The van der Waals surface area contributed by atoms with Crippen LogP contribution in [0.5, 0.6) is 5.75 Å². The van der Waals surface area contributed by atoms with Gasteiger partial charge in [0.05, 0.1) is 11.0 Å². The summed E-state index contributed by atoms with van der Waals surface area (Å²) in [6, 6.07) is 8.39. The summed E-state index contributed by atoms with van der Waals surface area (Å²) in [6.45, 7) is 2.55. The highest BCUT2D eigenvalue weighted by Crippen LogP contribution is 2.26. The minimum atomic E-state index is -0.00940. The zero-order chi connectivity index (χ0) is 13.8. The molecule has 0 amide bonds. The molecule has 0 unspecified atom stereocenters. The Bertz CT molecular complexity index is 460. The van der Waals surface area contributed by atoms with Crippen molar-refractivity contribution in [1.82, 2.24) is 4.90 Å². The van der Waals surface area contributed by atoms with Crippen molar-refractivity contribution in [2.75, 3.05) is 13.6 Å². The standard InChI is InChI=1S/C14H20BrN3O/c1-10(19-13-6-4-3-5-12(13)15)9-17-14(16)18(2)11-7-8-11/h3-6,10-11H,7-9H2,1-2H3,(H2,16,17)/t10-/m1/s1. The van der Waals surface area contributed by atoms with Gasteiger partial charge in [-0.2, -0.15) is 0 Å². The molecule has 5 heteroatoms. The van der Waals surface area contributed by atoms with Crippen molar-refractivity contribution in [3.05, 3.63) is 28.7 Å². The van der Waals surface area contributed by atoms with Crippen LogP contribution in [0, 0.1) is 0 Å². The number of para-hydroxylation sites is 1. The van der Waals surface area contributed by atoms with Crippen LogP contribution in [0.3, 0.4) is 0 Å². The largest absolute Gasteiger partial charge is 0.488 e. The van der Waals surface area contributed by atoms with E-state index in [1.165, 1.54) is 12.8 Å². The van der Waals surface area contributed by atoms with Crippen LogP contribution in [0.2, 0.25) is 0 Å². The van der Waals surface area contributed by atoms with Crippen molar-refractivity contribution < 1.29 is 4.74 Å². The summed E-state index contributed by atoms with van der Waals surface area (Å²) in [6.07, 6.45) is 2.43. The van der Waals surface area contributed by atoms with Gasteiger partial charge in [0.15, 0.2) is 5.96 Å². The van der Waals surface area contributed by atoms with Gasteiger partial charge in [-0.25, -0.2) is 4.99 Å². The first kappa shape index (κ1) is 14.2. The summed E-state index contributed by atoms with van der Waals surface area (Å²) >= 11 is 3.46. The van der Waals surface area contributed by atoms with Crippen LogP contribution in [-0.2, 0) is 0 Å². The zero-order valence-corrected chi connectivity index (χ0v) is 12.9. The molecule has 0 heterocycles. The number of halogens is 1. The highest BCUT2D eigenvalue weighted by atomic mass is 79.9. The molecule has 1 atom stereocenters. The lowest BCUT2D eigenvalue weighted by molar-refractivity contribution is 0.228. The van der Waals surface area contributed by atoms with Crippen LogP contribution < -0.4 is 10.5 Å². The topological polar surface area (TPSA) is 50.8 Å². The normalized spacial score (nSPS) is 17.1. The Morgan fingerprint density at radius 1 is 1.53 bits per heavy atom. The van der Waals surface area contributed by atoms with Crippen LogP contribution in [0.1, 0.15) is 19.8 Å². The smallest absolute Gasteiger partial charge is 0.191 e. The lowest BCUT2D eigenvalue weighted by atomic mass is 10.3. The number of benzene rings is 1. The summed E-state index contributed by atoms with van der Waals surface area (Å²) in [4.78, 5) is 6.44. The van der Waals surface area contributed by atoms with Gasteiger partial charge in [0.1, 0.15) is 11.9 Å². The number of nitrogens with zero attached hydrogens (tertiary/aromatic N) is 2. The Morgan fingerprint density at radius 2 is 2.21 bits per heavy atom. The second-order valence-electron chi connectivity index (χ2n) is 4.90. The van der Waals surface area contributed by atoms with Crippen molar-refractivity contribution in [2.24, 2.45) is 10.7 Å². The van der Waals surface area contributed by atoms with Gasteiger partial charge in [0, 0.05) is 13.1 Å². The summed E-state index contributed by atoms with van der Waals surface area (Å²) in [5, 5.41) is 0. The third-order valence-electron chi connectivity index (χ3n) is 3.13. The van der Waals surface area contributed by atoms with Crippen molar-refractivity contribution in [1.29, 1.82) is 0 Å². The maximum Gasteiger partial charge on any atom is 0.191 e. The molecule has 0 spiro atoms. The summed E-state index contributed by atoms with van der Waals surface area (Å²) < 4.78 is 6.78. The van der Waals surface area contributed by atoms with E-state index in [0.717, 1.165) is 10.2 Å². The molecule has 1 aliphatic carbocycles. The summed E-state index contributed by atoms with van der Waals surface area (Å²) in [7, 11) is 2.00. The minimum Gasteiger partial charge on any atom is -0.488 e. The number of ether oxygens (including phenoxy) is 1. The molecule has 0 saturated heterocycles.